The van der Waals surface area contributed by atoms with Crippen molar-refractivity contribution in [3.05, 3.63) is 42.0 Å². The number of rotatable bonds is 4. The SMILES string of the molecule is CCC(NC(=O)c1cccc2c1OCCO2)c1ncc[nH]1. The molecule has 0 spiro atoms. The van der Waals surface area contributed by atoms with E-state index in [1.165, 1.54) is 0 Å². The molecule has 1 unspecified atom stereocenters. The maximum atomic E-state index is 12.5. The highest BCUT2D eigenvalue weighted by atomic mass is 16.6. The van der Waals surface area contributed by atoms with E-state index in [4.69, 9.17) is 9.47 Å². The number of imidazole rings is 1. The predicted octanol–water partition coefficient (Wildman–Crippen LogP) is 2.06. The monoisotopic (exact) mass is 287 g/mol. The number of aromatic amines is 1. The third-order valence-electron chi connectivity index (χ3n) is 3.37. The summed E-state index contributed by atoms with van der Waals surface area (Å²) in [5, 5.41) is 2.97. The smallest absolute Gasteiger partial charge is 0.255 e. The Morgan fingerprint density at radius 3 is 3.05 bits per heavy atom. The van der Waals surface area contributed by atoms with Crippen LogP contribution in [0.2, 0.25) is 0 Å². The molecule has 2 N–H and O–H groups in total. The minimum Gasteiger partial charge on any atom is -0.486 e. The van der Waals surface area contributed by atoms with Crippen LogP contribution in [0.1, 0.15) is 35.6 Å². The van der Waals surface area contributed by atoms with Crippen molar-refractivity contribution in [3.8, 4) is 11.5 Å². The second-order valence-corrected chi connectivity index (χ2v) is 4.74. The minimum absolute atomic E-state index is 0.159. The highest BCUT2D eigenvalue weighted by molar-refractivity contribution is 5.98. The largest absolute Gasteiger partial charge is 0.486 e. The summed E-state index contributed by atoms with van der Waals surface area (Å²) in [6.45, 7) is 2.95. The molecule has 0 bridgehead atoms. The predicted molar refractivity (Wildman–Crippen MR) is 76.5 cm³/mol. The third-order valence-corrected chi connectivity index (χ3v) is 3.37. The number of benzene rings is 1. The van der Waals surface area contributed by atoms with Crippen molar-refractivity contribution in [2.45, 2.75) is 19.4 Å². The van der Waals surface area contributed by atoms with Crippen molar-refractivity contribution in [2.75, 3.05) is 13.2 Å². The molecule has 6 nitrogen and oxygen atoms in total. The van der Waals surface area contributed by atoms with Crippen LogP contribution < -0.4 is 14.8 Å². The average Bonchev–Trinajstić information content (AvgIpc) is 3.06. The molecular weight excluding hydrogens is 270 g/mol. The van der Waals surface area contributed by atoms with Crippen LogP contribution in [0.4, 0.5) is 0 Å². The number of carbonyl (C=O) groups is 1. The lowest BCUT2D eigenvalue weighted by Crippen LogP contribution is -2.30. The number of para-hydroxylation sites is 1. The molecule has 0 saturated carbocycles. The van der Waals surface area contributed by atoms with Crippen LogP contribution in [0.25, 0.3) is 0 Å². The number of nitrogens with zero attached hydrogens (tertiary/aromatic N) is 1. The Labute approximate surface area is 122 Å². The van der Waals surface area contributed by atoms with Crippen LogP contribution in [0.3, 0.4) is 0 Å². The molecule has 0 fully saturated rings. The average molecular weight is 287 g/mol. The lowest BCUT2D eigenvalue weighted by molar-refractivity contribution is 0.0923. The van der Waals surface area contributed by atoms with E-state index in [9.17, 15) is 4.79 Å². The summed E-state index contributed by atoms with van der Waals surface area (Å²) in [6, 6.07) is 5.16. The van der Waals surface area contributed by atoms with Gasteiger partial charge in [0.25, 0.3) is 5.91 Å². The number of aromatic nitrogens is 2. The van der Waals surface area contributed by atoms with Crippen LogP contribution in [0.5, 0.6) is 11.5 Å². The van der Waals surface area contributed by atoms with Crippen molar-refractivity contribution in [3.63, 3.8) is 0 Å². The van der Waals surface area contributed by atoms with Gasteiger partial charge < -0.3 is 19.8 Å². The Hall–Kier alpha value is -2.50. The fraction of sp³-hybridized carbons (Fsp3) is 0.333. The van der Waals surface area contributed by atoms with Gasteiger partial charge in [-0.15, -0.1) is 0 Å². The first-order valence-corrected chi connectivity index (χ1v) is 6.98. The maximum absolute atomic E-state index is 12.5. The maximum Gasteiger partial charge on any atom is 0.255 e. The normalized spacial score (nSPS) is 14.5. The summed E-state index contributed by atoms with van der Waals surface area (Å²) >= 11 is 0. The molecule has 2 heterocycles. The van der Waals surface area contributed by atoms with E-state index < -0.39 is 0 Å². The second-order valence-electron chi connectivity index (χ2n) is 4.74. The van der Waals surface area contributed by atoms with Gasteiger partial charge in [-0.25, -0.2) is 4.98 Å². The number of amides is 1. The van der Waals surface area contributed by atoms with E-state index >= 15 is 0 Å². The Balaban J connectivity index is 1.82. The first-order chi connectivity index (χ1) is 10.3. The Morgan fingerprint density at radius 1 is 1.43 bits per heavy atom. The van der Waals surface area contributed by atoms with E-state index in [0.717, 1.165) is 12.2 Å². The first-order valence-electron chi connectivity index (χ1n) is 6.98. The van der Waals surface area contributed by atoms with Crippen LogP contribution in [-0.4, -0.2) is 29.1 Å². The zero-order valence-corrected chi connectivity index (χ0v) is 11.8. The fourth-order valence-corrected chi connectivity index (χ4v) is 2.32. The molecule has 1 aliphatic heterocycles. The lowest BCUT2D eigenvalue weighted by Gasteiger charge is -2.21. The quantitative estimate of drug-likeness (QED) is 0.902. The summed E-state index contributed by atoms with van der Waals surface area (Å²) in [5.41, 5.74) is 0.484. The van der Waals surface area contributed by atoms with Gasteiger partial charge >= 0.3 is 0 Å². The topological polar surface area (TPSA) is 76.2 Å². The number of nitrogens with one attached hydrogen (secondary N) is 2. The molecule has 3 rings (SSSR count). The summed E-state index contributed by atoms with van der Waals surface area (Å²) < 4.78 is 11.1. The number of hydrogen-bond acceptors (Lipinski definition) is 4. The summed E-state index contributed by atoms with van der Waals surface area (Å²) in [5.74, 6) is 1.67. The van der Waals surface area contributed by atoms with Crippen molar-refractivity contribution in [1.82, 2.24) is 15.3 Å². The standard InChI is InChI=1S/C15H17N3O3/c1-2-11(14-16-6-7-17-14)18-15(19)10-4-3-5-12-13(10)21-9-8-20-12/h3-7,11H,2,8-9H2,1H3,(H,16,17)(H,18,19). The molecule has 0 saturated heterocycles. The number of H-pyrrole nitrogens is 1. The summed E-state index contributed by atoms with van der Waals surface area (Å²) in [4.78, 5) is 19.7. The molecule has 2 aromatic rings. The van der Waals surface area contributed by atoms with Gasteiger partial charge in [-0.3, -0.25) is 4.79 Å². The Morgan fingerprint density at radius 2 is 2.29 bits per heavy atom. The second kappa shape index (κ2) is 5.87. The van der Waals surface area contributed by atoms with Gasteiger partial charge in [-0.2, -0.15) is 0 Å². The van der Waals surface area contributed by atoms with Gasteiger partial charge in [0.1, 0.15) is 19.0 Å². The molecule has 21 heavy (non-hydrogen) atoms. The van der Waals surface area contributed by atoms with E-state index in [1.807, 2.05) is 6.92 Å². The summed E-state index contributed by atoms with van der Waals surface area (Å²) in [7, 11) is 0. The summed E-state index contributed by atoms with van der Waals surface area (Å²) in [6.07, 6.45) is 4.16. The van der Waals surface area contributed by atoms with Gasteiger partial charge in [-0.1, -0.05) is 13.0 Å². The zero-order chi connectivity index (χ0) is 14.7. The fourth-order valence-electron chi connectivity index (χ4n) is 2.32. The van der Waals surface area contributed by atoms with E-state index in [2.05, 4.69) is 15.3 Å². The van der Waals surface area contributed by atoms with Crippen molar-refractivity contribution in [2.24, 2.45) is 0 Å². The van der Waals surface area contributed by atoms with Crippen LogP contribution in [0.15, 0.2) is 30.6 Å². The number of fused-ring (bicyclic) bond motifs is 1. The van der Waals surface area contributed by atoms with Crippen molar-refractivity contribution >= 4 is 5.91 Å². The molecule has 0 aliphatic carbocycles. The molecule has 1 aliphatic rings. The van der Waals surface area contributed by atoms with Crippen LogP contribution in [0, 0.1) is 0 Å². The molecule has 6 heteroatoms. The van der Waals surface area contributed by atoms with Gasteiger partial charge in [0.05, 0.1) is 11.6 Å². The van der Waals surface area contributed by atoms with E-state index in [-0.39, 0.29) is 11.9 Å². The first kappa shape index (κ1) is 13.5. The van der Waals surface area contributed by atoms with E-state index in [1.54, 1.807) is 30.6 Å². The highest BCUT2D eigenvalue weighted by Crippen LogP contribution is 2.33. The number of hydrogen-bond donors (Lipinski definition) is 2. The molecule has 1 atom stereocenters. The lowest BCUT2D eigenvalue weighted by atomic mass is 10.1. The third kappa shape index (κ3) is 2.69. The Bertz CT molecular complexity index is 625. The van der Waals surface area contributed by atoms with Gasteiger partial charge in [-0.05, 0) is 18.6 Å². The van der Waals surface area contributed by atoms with Crippen LogP contribution >= 0.6 is 0 Å². The van der Waals surface area contributed by atoms with Crippen molar-refractivity contribution in [1.29, 1.82) is 0 Å². The molecule has 1 aromatic heterocycles. The van der Waals surface area contributed by atoms with Gasteiger partial charge in [0, 0.05) is 12.4 Å². The molecule has 110 valence electrons. The molecule has 1 amide bonds. The number of carbonyl (C=O) groups excluding carboxylic acids is 1. The van der Waals surface area contributed by atoms with Gasteiger partial charge in [0.2, 0.25) is 0 Å². The molecular formula is C15H17N3O3. The van der Waals surface area contributed by atoms with Gasteiger partial charge in [0.15, 0.2) is 11.5 Å². The zero-order valence-electron chi connectivity index (χ0n) is 11.8. The number of ether oxygens (including phenoxy) is 2. The van der Waals surface area contributed by atoms with E-state index in [0.29, 0.717) is 30.3 Å². The molecule has 1 aromatic carbocycles. The minimum atomic E-state index is -0.194. The van der Waals surface area contributed by atoms with Crippen molar-refractivity contribution < 1.29 is 14.3 Å². The highest BCUT2D eigenvalue weighted by Gasteiger charge is 2.23. The Kier molecular flexibility index (Phi) is 3.77. The van der Waals surface area contributed by atoms with Crippen LogP contribution in [-0.2, 0) is 0 Å². The molecule has 0 radical (unpaired) electrons.